The van der Waals surface area contributed by atoms with Gasteiger partial charge in [-0.3, -0.25) is 4.79 Å². The van der Waals surface area contributed by atoms with Crippen LogP contribution in [-0.2, 0) is 6.54 Å². The normalized spacial score (nSPS) is 16.7. The largest absolute Gasteiger partial charge is 0.296 e. The maximum absolute atomic E-state index is 10.9. The molecule has 0 N–H and O–H groups in total. The van der Waals surface area contributed by atoms with Crippen LogP contribution in [0.5, 0.6) is 0 Å². The highest BCUT2D eigenvalue weighted by atomic mass is 16.1. The maximum Gasteiger partial charge on any atom is 0.172 e. The first-order valence-electron chi connectivity index (χ1n) is 5.61. The Bertz CT molecular complexity index is 353. The van der Waals surface area contributed by atoms with Gasteiger partial charge < -0.3 is 0 Å². The fourth-order valence-corrected chi connectivity index (χ4v) is 2.00. The van der Waals surface area contributed by atoms with Gasteiger partial charge in [-0.1, -0.05) is 25.5 Å². The Morgan fingerprint density at radius 1 is 1.53 bits per heavy atom. The standard InChI is InChI=1S/C11H17N3O/c1-8(2)6-14-11(9-4-3-5-9)10(7-15)12-13-14/h7-9H,3-6H2,1-2H3. The lowest BCUT2D eigenvalue weighted by molar-refractivity contribution is 0.111. The van der Waals surface area contributed by atoms with E-state index in [-0.39, 0.29) is 0 Å². The van der Waals surface area contributed by atoms with Crippen molar-refractivity contribution < 1.29 is 4.79 Å². The molecule has 2 rings (SSSR count). The Morgan fingerprint density at radius 3 is 2.73 bits per heavy atom. The fraction of sp³-hybridized carbons (Fsp3) is 0.727. The molecule has 0 aromatic carbocycles. The fourth-order valence-electron chi connectivity index (χ4n) is 2.00. The van der Waals surface area contributed by atoms with Crippen molar-refractivity contribution in [2.24, 2.45) is 5.92 Å². The molecule has 15 heavy (non-hydrogen) atoms. The lowest BCUT2D eigenvalue weighted by atomic mass is 9.82. The first-order chi connectivity index (χ1) is 7.22. The van der Waals surface area contributed by atoms with Crippen molar-refractivity contribution in [2.75, 3.05) is 0 Å². The summed E-state index contributed by atoms with van der Waals surface area (Å²) in [6.07, 6.45) is 4.44. The highest BCUT2D eigenvalue weighted by Crippen LogP contribution is 2.37. The van der Waals surface area contributed by atoms with Gasteiger partial charge in [0.05, 0.1) is 5.69 Å². The molecule has 0 atom stereocenters. The Morgan fingerprint density at radius 2 is 2.27 bits per heavy atom. The van der Waals surface area contributed by atoms with Gasteiger partial charge in [0, 0.05) is 12.5 Å². The average Bonchev–Trinajstić information content (AvgIpc) is 2.45. The van der Waals surface area contributed by atoms with Gasteiger partial charge in [0.15, 0.2) is 6.29 Å². The van der Waals surface area contributed by atoms with Gasteiger partial charge in [-0.15, -0.1) is 5.10 Å². The van der Waals surface area contributed by atoms with Crippen LogP contribution in [0.2, 0.25) is 0 Å². The number of rotatable bonds is 4. The summed E-state index contributed by atoms with van der Waals surface area (Å²) in [6, 6.07) is 0. The molecule has 0 aliphatic heterocycles. The molecule has 82 valence electrons. The number of aromatic nitrogens is 3. The SMILES string of the molecule is CC(C)Cn1nnc(C=O)c1C1CCC1. The molecule has 4 heteroatoms. The summed E-state index contributed by atoms with van der Waals surface area (Å²) in [5.74, 6) is 1.05. The Balaban J connectivity index is 2.28. The molecule has 0 unspecified atom stereocenters. The highest BCUT2D eigenvalue weighted by Gasteiger charge is 2.27. The second-order valence-electron chi connectivity index (χ2n) is 4.68. The van der Waals surface area contributed by atoms with E-state index in [0.717, 1.165) is 18.5 Å². The first-order valence-corrected chi connectivity index (χ1v) is 5.61. The second-order valence-corrected chi connectivity index (χ2v) is 4.68. The van der Waals surface area contributed by atoms with Crippen LogP contribution in [0.3, 0.4) is 0 Å². The lowest BCUT2D eigenvalue weighted by Crippen LogP contribution is -2.18. The van der Waals surface area contributed by atoms with Crippen LogP contribution in [-0.4, -0.2) is 21.3 Å². The van der Waals surface area contributed by atoms with Crippen LogP contribution < -0.4 is 0 Å². The predicted molar refractivity (Wildman–Crippen MR) is 56.8 cm³/mol. The van der Waals surface area contributed by atoms with Crippen LogP contribution >= 0.6 is 0 Å². The van der Waals surface area contributed by atoms with E-state index in [2.05, 4.69) is 24.2 Å². The summed E-state index contributed by atoms with van der Waals surface area (Å²) in [4.78, 5) is 10.9. The summed E-state index contributed by atoms with van der Waals surface area (Å²) in [5.41, 5.74) is 1.60. The van der Waals surface area contributed by atoms with Crippen molar-refractivity contribution in [1.29, 1.82) is 0 Å². The molecule has 0 saturated heterocycles. The molecule has 1 aromatic heterocycles. The Hall–Kier alpha value is -1.19. The number of hydrogen-bond acceptors (Lipinski definition) is 3. The third kappa shape index (κ3) is 1.94. The van der Waals surface area contributed by atoms with E-state index in [4.69, 9.17) is 0 Å². The van der Waals surface area contributed by atoms with Crippen molar-refractivity contribution in [3.8, 4) is 0 Å². The van der Waals surface area contributed by atoms with Gasteiger partial charge in [0.2, 0.25) is 0 Å². The monoisotopic (exact) mass is 207 g/mol. The Kier molecular flexibility index (Phi) is 2.84. The minimum atomic E-state index is 0.513. The van der Waals surface area contributed by atoms with Crippen LogP contribution in [0, 0.1) is 5.92 Å². The van der Waals surface area contributed by atoms with Gasteiger partial charge in [-0.2, -0.15) is 0 Å². The smallest absolute Gasteiger partial charge is 0.172 e. The van der Waals surface area contributed by atoms with Crippen molar-refractivity contribution in [3.05, 3.63) is 11.4 Å². The summed E-state index contributed by atoms with van der Waals surface area (Å²) in [7, 11) is 0. The van der Waals surface area contributed by atoms with Gasteiger partial charge in [0.25, 0.3) is 0 Å². The summed E-state index contributed by atoms with van der Waals surface area (Å²) in [5, 5.41) is 8.00. The molecule has 0 amide bonds. The minimum absolute atomic E-state index is 0.513. The third-order valence-electron chi connectivity index (χ3n) is 2.94. The molecule has 1 saturated carbocycles. The molecular formula is C11H17N3O. The molecule has 0 spiro atoms. The molecule has 1 aliphatic rings. The van der Waals surface area contributed by atoms with Crippen molar-refractivity contribution >= 4 is 6.29 Å². The van der Waals surface area contributed by atoms with Gasteiger partial charge in [0.1, 0.15) is 5.69 Å². The molecular weight excluding hydrogens is 190 g/mol. The summed E-state index contributed by atoms with van der Waals surface area (Å²) < 4.78 is 1.91. The molecule has 1 heterocycles. The summed E-state index contributed by atoms with van der Waals surface area (Å²) >= 11 is 0. The van der Waals surface area contributed by atoms with Crippen LogP contribution in [0.4, 0.5) is 0 Å². The van der Waals surface area contributed by atoms with E-state index in [1.807, 2.05) is 4.68 Å². The number of aldehydes is 1. The number of nitrogens with zero attached hydrogens (tertiary/aromatic N) is 3. The predicted octanol–water partition coefficient (Wildman–Crippen LogP) is 2.01. The lowest BCUT2D eigenvalue weighted by Gasteiger charge is -2.26. The number of carbonyl (C=O) groups is 1. The maximum atomic E-state index is 10.9. The molecule has 1 fully saturated rings. The van der Waals surface area contributed by atoms with Gasteiger partial charge in [-0.25, -0.2) is 4.68 Å². The zero-order chi connectivity index (χ0) is 10.8. The quantitative estimate of drug-likeness (QED) is 0.709. The molecule has 4 nitrogen and oxygen atoms in total. The van der Waals surface area contributed by atoms with Gasteiger partial charge in [-0.05, 0) is 18.8 Å². The third-order valence-corrected chi connectivity index (χ3v) is 2.94. The van der Waals surface area contributed by atoms with Crippen LogP contribution in [0.25, 0.3) is 0 Å². The Labute approximate surface area is 89.7 Å². The van der Waals surface area contributed by atoms with Gasteiger partial charge >= 0.3 is 0 Å². The molecule has 0 bridgehead atoms. The van der Waals surface area contributed by atoms with E-state index in [0.29, 0.717) is 17.5 Å². The van der Waals surface area contributed by atoms with Crippen molar-refractivity contribution in [1.82, 2.24) is 15.0 Å². The average molecular weight is 207 g/mol. The van der Waals surface area contributed by atoms with E-state index in [9.17, 15) is 4.79 Å². The zero-order valence-corrected chi connectivity index (χ0v) is 9.31. The van der Waals surface area contributed by atoms with E-state index >= 15 is 0 Å². The first kappa shape index (κ1) is 10.3. The van der Waals surface area contributed by atoms with E-state index < -0.39 is 0 Å². The van der Waals surface area contributed by atoms with Crippen molar-refractivity contribution in [3.63, 3.8) is 0 Å². The van der Waals surface area contributed by atoms with E-state index in [1.54, 1.807) is 0 Å². The molecule has 1 aromatic rings. The van der Waals surface area contributed by atoms with Crippen molar-refractivity contribution in [2.45, 2.75) is 45.6 Å². The molecule has 1 aliphatic carbocycles. The molecule has 0 radical (unpaired) electrons. The number of carbonyl (C=O) groups excluding carboxylic acids is 1. The van der Waals surface area contributed by atoms with E-state index in [1.165, 1.54) is 19.3 Å². The topological polar surface area (TPSA) is 47.8 Å². The van der Waals surface area contributed by atoms with Crippen LogP contribution in [0.1, 0.15) is 55.2 Å². The highest BCUT2D eigenvalue weighted by molar-refractivity contribution is 5.73. The number of hydrogen-bond donors (Lipinski definition) is 0. The zero-order valence-electron chi connectivity index (χ0n) is 9.31. The minimum Gasteiger partial charge on any atom is -0.296 e. The van der Waals surface area contributed by atoms with Crippen LogP contribution in [0.15, 0.2) is 0 Å². The second kappa shape index (κ2) is 4.13. The summed E-state index contributed by atoms with van der Waals surface area (Å²) in [6.45, 7) is 5.15.